The highest BCUT2D eigenvalue weighted by atomic mass is 32.1. The van der Waals surface area contributed by atoms with Crippen molar-refractivity contribution < 1.29 is 28.3 Å². The van der Waals surface area contributed by atoms with Gasteiger partial charge in [0.2, 0.25) is 0 Å². The topological polar surface area (TPSA) is 113 Å². The molecule has 0 aliphatic rings. The van der Waals surface area contributed by atoms with Crippen LogP contribution in [0.3, 0.4) is 0 Å². The van der Waals surface area contributed by atoms with Crippen LogP contribution in [0.25, 0.3) is 10.6 Å². The second-order valence-electron chi connectivity index (χ2n) is 5.92. The fourth-order valence-electron chi connectivity index (χ4n) is 2.44. The van der Waals surface area contributed by atoms with Crippen molar-refractivity contribution in [1.82, 2.24) is 10.1 Å². The Morgan fingerprint density at radius 1 is 1.17 bits per heavy atom. The molecule has 0 bridgehead atoms. The Kier molecular flexibility index (Phi) is 6.45. The molecular formula is C19H19N3O6S. The third kappa shape index (κ3) is 5.32. The zero-order chi connectivity index (χ0) is 20.8. The lowest BCUT2D eigenvalue weighted by atomic mass is 10.2. The van der Waals surface area contributed by atoms with E-state index in [0.29, 0.717) is 23.0 Å². The molecule has 0 saturated heterocycles. The van der Waals surface area contributed by atoms with Crippen LogP contribution in [0.15, 0.2) is 34.2 Å². The summed E-state index contributed by atoms with van der Waals surface area (Å²) in [5.41, 5.74) is 1.40. The maximum absolute atomic E-state index is 12.0. The molecular weight excluding hydrogens is 398 g/mol. The average Bonchev–Trinajstić information content (AvgIpc) is 3.34. The third-order valence-corrected chi connectivity index (χ3v) is 4.71. The number of rotatable bonds is 8. The van der Waals surface area contributed by atoms with E-state index >= 15 is 0 Å². The lowest BCUT2D eigenvalue weighted by molar-refractivity contribution is -0.146. The molecule has 2 heterocycles. The second-order valence-corrected chi connectivity index (χ2v) is 6.78. The number of hydrogen-bond donors (Lipinski definition) is 1. The van der Waals surface area contributed by atoms with Crippen molar-refractivity contribution in [3.05, 3.63) is 41.1 Å². The summed E-state index contributed by atoms with van der Waals surface area (Å²) in [5.74, 6) is 0.982. The van der Waals surface area contributed by atoms with E-state index in [1.165, 1.54) is 11.3 Å². The van der Waals surface area contributed by atoms with Gasteiger partial charge in [-0.15, -0.1) is 11.3 Å². The molecule has 1 aromatic carbocycles. The number of hydrogen-bond acceptors (Lipinski definition) is 9. The van der Waals surface area contributed by atoms with Crippen LogP contribution in [-0.2, 0) is 20.7 Å². The molecule has 3 rings (SSSR count). The van der Waals surface area contributed by atoms with Crippen molar-refractivity contribution in [2.45, 2.75) is 13.3 Å². The predicted octanol–water partition coefficient (Wildman–Crippen LogP) is 2.85. The van der Waals surface area contributed by atoms with Crippen LogP contribution in [-0.4, -0.2) is 42.8 Å². The quantitative estimate of drug-likeness (QED) is 0.557. The summed E-state index contributed by atoms with van der Waals surface area (Å²) in [5, 5.41) is 8.60. The highest BCUT2D eigenvalue weighted by molar-refractivity contribution is 7.13. The Hall–Kier alpha value is -3.40. The predicted molar refractivity (Wildman–Crippen MR) is 105 cm³/mol. The first-order chi connectivity index (χ1) is 14.0. The van der Waals surface area contributed by atoms with Crippen LogP contribution in [0.4, 0.5) is 5.82 Å². The maximum atomic E-state index is 12.0. The summed E-state index contributed by atoms with van der Waals surface area (Å²) in [6, 6.07) is 7.02. The van der Waals surface area contributed by atoms with Gasteiger partial charge >= 0.3 is 5.97 Å². The van der Waals surface area contributed by atoms with Crippen LogP contribution < -0.4 is 14.8 Å². The Morgan fingerprint density at radius 3 is 2.66 bits per heavy atom. The van der Waals surface area contributed by atoms with Crippen molar-refractivity contribution >= 4 is 29.0 Å². The van der Waals surface area contributed by atoms with Gasteiger partial charge in [-0.05, 0) is 25.1 Å². The summed E-state index contributed by atoms with van der Waals surface area (Å²) < 4.78 is 20.4. The highest BCUT2D eigenvalue weighted by Gasteiger charge is 2.14. The summed E-state index contributed by atoms with van der Waals surface area (Å²) in [6.45, 7) is 1.28. The summed E-state index contributed by atoms with van der Waals surface area (Å²) in [4.78, 5) is 28.2. The molecule has 29 heavy (non-hydrogen) atoms. The minimum Gasteiger partial charge on any atom is -0.493 e. The van der Waals surface area contributed by atoms with Crippen molar-refractivity contribution in [2.75, 3.05) is 26.1 Å². The van der Waals surface area contributed by atoms with E-state index in [2.05, 4.69) is 15.5 Å². The standard InChI is InChI=1S/C19H19N3O6S/c1-11-6-16(22-28-11)21-17(23)9-27-18(24)8-13-10-29-19(20-13)12-4-5-14(25-2)15(7-12)26-3/h4-7,10H,8-9H2,1-3H3,(H,21,22,23). The van der Waals surface area contributed by atoms with Gasteiger partial charge in [0.15, 0.2) is 23.9 Å². The minimum atomic E-state index is -0.555. The number of benzene rings is 1. The second kappa shape index (κ2) is 9.20. The molecule has 0 aliphatic heterocycles. The number of esters is 1. The molecule has 0 spiro atoms. The fourth-order valence-corrected chi connectivity index (χ4v) is 3.26. The maximum Gasteiger partial charge on any atom is 0.312 e. The number of anilines is 1. The van der Waals surface area contributed by atoms with E-state index < -0.39 is 18.5 Å². The van der Waals surface area contributed by atoms with Gasteiger partial charge in [0.1, 0.15) is 10.8 Å². The number of thiazole rings is 1. The van der Waals surface area contributed by atoms with Gasteiger partial charge in [0, 0.05) is 17.0 Å². The Bertz CT molecular complexity index is 1010. The molecule has 10 heteroatoms. The van der Waals surface area contributed by atoms with Gasteiger partial charge in [-0.2, -0.15) is 0 Å². The van der Waals surface area contributed by atoms with E-state index in [-0.39, 0.29) is 12.2 Å². The van der Waals surface area contributed by atoms with E-state index in [0.717, 1.165) is 10.6 Å². The van der Waals surface area contributed by atoms with Gasteiger partial charge in [0.05, 0.1) is 26.3 Å². The van der Waals surface area contributed by atoms with Crippen LogP contribution in [0.1, 0.15) is 11.5 Å². The van der Waals surface area contributed by atoms with Gasteiger partial charge < -0.3 is 24.1 Å². The van der Waals surface area contributed by atoms with Gasteiger partial charge in [-0.1, -0.05) is 5.16 Å². The lowest BCUT2D eigenvalue weighted by Gasteiger charge is -2.08. The van der Waals surface area contributed by atoms with E-state index in [1.54, 1.807) is 38.7 Å². The Morgan fingerprint density at radius 2 is 1.97 bits per heavy atom. The number of carbonyl (C=O) groups excluding carboxylic acids is 2. The number of ether oxygens (including phenoxy) is 3. The molecule has 0 radical (unpaired) electrons. The first kappa shape index (κ1) is 20.3. The molecule has 152 valence electrons. The van der Waals surface area contributed by atoms with E-state index in [9.17, 15) is 9.59 Å². The van der Waals surface area contributed by atoms with E-state index in [4.69, 9.17) is 18.7 Å². The average molecular weight is 417 g/mol. The monoisotopic (exact) mass is 417 g/mol. The van der Waals surface area contributed by atoms with E-state index in [1.807, 2.05) is 12.1 Å². The smallest absolute Gasteiger partial charge is 0.312 e. The third-order valence-electron chi connectivity index (χ3n) is 3.77. The van der Waals surface area contributed by atoms with Crippen molar-refractivity contribution in [3.8, 4) is 22.1 Å². The number of carbonyl (C=O) groups is 2. The van der Waals surface area contributed by atoms with Gasteiger partial charge in [-0.3, -0.25) is 9.59 Å². The summed E-state index contributed by atoms with van der Waals surface area (Å²) in [7, 11) is 3.13. The SMILES string of the molecule is COc1ccc(-c2nc(CC(=O)OCC(=O)Nc3cc(C)on3)cs2)cc1OC. The lowest BCUT2D eigenvalue weighted by Crippen LogP contribution is -2.21. The molecule has 1 amide bonds. The molecule has 0 fully saturated rings. The number of amides is 1. The molecule has 1 N–H and O–H groups in total. The van der Waals surface area contributed by atoms with Crippen molar-refractivity contribution in [2.24, 2.45) is 0 Å². The molecule has 0 unspecified atom stereocenters. The Labute approximate surface area is 170 Å². The zero-order valence-corrected chi connectivity index (χ0v) is 16.9. The number of methoxy groups -OCH3 is 2. The zero-order valence-electron chi connectivity index (χ0n) is 16.1. The minimum absolute atomic E-state index is 0.0415. The van der Waals surface area contributed by atoms with Gasteiger partial charge in [0.25, 0.3) is 5.91 Å². The largest absolute Gasteiger partial charge is 0.493 e. The highest BCUT2D eigenvalue weighted by Crippen LogP contribution is 2.33. The molecule has 0 saturated carbocycles. The van der Waals surface area contributed by atoms with Crippen LogP contribution in [0.2, 0.25) is 0 Å². The van der Waals surface area contributed by atoms with Crippen LogP contribution >= 0.6 is 11.3 Å². The Balaban J connectivity index is 1.54. The summed E-state index contributed by atoms with van der Waals surface area (Å²) in [6.07, 6.45) is -0.0415. The first-order valence-electron chi connectivity index (χ1n) is 8.54. The summed E-state index contributed by atoms with van der Waals surface area (Å²) >= 11 is 1.39. The number of nitrogens with zero attached hydrogens (tertiary/aromatic N) is 2. The number of aryl methyl sites for hydroxylation is 1. The van der Waals surface area contributed by atoms with Crippen molar-refractivity contribution in [1.29, 1.82) is 0 Å². The number of aromatic nitrogens is 2. The molecule has 0 atom stereocenters. The molecule has 0 aliphatic carbocycles. The fraction of sp³-hybridized carbons (Fsp3) is 0.263. The first-order valence-corrected chi connectivity index (χ1v) is 9.42. The normalized spacial score (nSPS) is 10.4. The van der Waals surface area contributed by atoms with Crippen molar-refractivity contribution in [3.63, 3.8) is 0 Å². The molecule has 9 nitrogen and oxygen atoms in total. The molecule has 3 aromatic rings. The van der Waals surface area contributed by atoms with Crippen LogP contribution in [0.5, 0.6) is 11.5 Å². The van der Waals surface area contributed by atoms with Gasteiger partial charge in [-0.25, -0.2) is 4.98 Å². The van der Waals surface area contributed by atoms with Crippen LogP contribution in [0, 0.1) is 6.92 Å². The number of nitrogens with one attached hydrogen (secondary N) is 1. The molecule has 2 aromatic heterocycles.